The third-order valence-corrected chi connectivity index (χ3v) is 10.7. The van der Waals surface area contributed by atoms with Crippen molar-refractivity contribution in [3.8, 4) is 22.8 Å². The van der Waals surface area contributed by atoms with E-state index < -0.39 is 0 Å². The number of aromatic nitrogens is 5. The fourth-order valence-electron chi connectivity index (χ4n) is 8.51. The van der Waals surface area contributed by atoms with E-state index in [9.17, 15) is 0 Å². The molecule has 0 radical (unpaired) electrons. The van der Waals surface area contributed by atoms with Gasteiger partial charge in [-0.15, -0.1) is 15.3 Å². The topological polar surface area (TPSA) is 107 Å². The Morgan fingerprint density at radius 3 is 2.42 bits per heavy atom. The summed E-state index contributed by atoms with van der Waals surface area (Å²) in [4.78, 5) is 7.35. The Morgan fingerprint density at radius 2 is 1.64 bits per heavy atom. The molecule has 1 aliphatic heterocycles. The maximum atomic E-state index is 6.55. The van der Waals surface area contributed by atoms with Gasteiger partial charge in [-0.25, -0.2) is 0 Å². The maximum absolute atomic E-state index is 6.55. The summed E-state index contributed by atoms with van der Waals surface area (Å²) < 4.78 is 7.75. The molecule has 234 valence electrons. The predicted octanol–water partition coefficient (Wildman–Crippen LogP) is 6.86. The fraction of sp³-hybridized carbons (Fsp3) is 0.500. The second-order valence-corrected chi connectivity index (χ2v) is 13.5. The molecule has 0 amide bonds. The minimum absolute atomic E-state index is 0.317. The largest absolute Gasteiger partial charge is 0.493 e. The third-order valence-electron chi connectivity index (χ3n) is 10.7. The van der Waals surface area contributed by atoms with Gasteiger partial charge in [-0.3, -0.25) is 0 Å². The van der Waals surface area contributed by atoms with E-state index in [0.29, 0.717) is 42.2 Å². The van der Waals surface area contributed by atoms with E-state index in [4.69, 9.17) is 25.8 Å². The average molecular weight is 605 g/mol. The van der Waals surface area contributed by atoms with E-state index in [2.05, 4.69) is 58.5 Å². The summed E-state index contributed by atoms with van der Waals surface area (Å²) >= 11 is 0. The molecule has 2 fully saturated rings. The van der Waals surface area contributed by atoms with Crippen molar-refractivity contribution in [2.24, 2.45) is 0 Å². The third kappa shape index (κ3) is 5.25. The summed E-state index contributed by atoms with van der Waals surface area (Å²) in [6.07, 6.45) is 12.1. The molecule has 45 heavy (non-hydrogen) atoms. The van der Waals surface area contributed by atoms with Crippen LogP contribution in [0.1, 0.15) is 97.9 Å². The zero-order valence-corrected chi connectivity index (χ0v) is 26.6. The lowest BCUT2D eigenvalue weighted by Crippen LogP contribution is -2.32. The van der Waals surface area contributed by atoms with E-state index in [1.165, 1.54) is 79.4 Å². The Hall–Kier alpha value is -3.98. The second-order valence-electron chi connectivity index (χ2n) is 13.5. The monoisotopic (exact) mass is 604 g/mol. The number of benzene rings is 2. The molecule has 4 aliphatic carbocycles. The normalized spacial score (nSPS) is 22.6. The molecule has 1 unspecified atom stereocenters. The molecule has 0 spiro atoms. The summed E-state index contributed by atoms with van der Waals surface area (Å²) in [6.45, 7) is 7.26. The number of nitrogens with two attached hydrogens (primary N) is 1. The highest BCUT2D eigenvalue weighted by molar-refractivity contribution is 5.74. The molecule has 3 N–H and O–H groups in total. The van der Waals surface area contributed by atoms with Gasteiger partial charge >= 0.3 is 0 Å². The number of nitrogens with zero attached hydrogens (tertiary/aromatic N) is 6. The van der Waals surface area contributed by atoms with Gasteiger partial charge in [0.05, 0.1) is 6.61 Å². The van der Waals surface area contributed by atoms with E-state index in [0.717, 1.165) is 48.4 Å². The highest BCUT2D eigenvalue weighted by Gasteiger charge is 2.39. The molecular weight excluding hydrogens is 560 g/mol. The first-order valence-corrected chi connectivity index (χ1v) is 17.1. The Bertz CT molecular complexity index is 1720. The van der Waals surface area contributed by atoms with Gasteiger partial charge in [0, 0.05) is 22.9 Å². The van der Waals surface area contributed by atoms with Crippen molar-refractivity contribution < 1.29 is 4.74 Å². The zero-order chi connectivity index (χ0) is 30.5. The molecule has 3 heterocycles. The van der Waals surface area contributed by atoms with Crippen molar-refractivity contribution in [2.45, 2.75) is 95.9 Å². The number of anilines is 3. The first-order valence-electron chi connectivity index (χ1n) is 17.1. The van der Waals surface area contributed by atoms with E-state index in [1.807, 2.05) is 6.92 Å². The SMILES string of the molecule is CCOc1ccc(C)cc1-c1nnc(-n2nc(Nc3ccc4c(c3)CCC(N3CCCC3)CC4)nc2N)c2c1C1CCC2CC1. The number of hydrogen-bond donors (Lipinski definition) is 2. The van der Waals surface area contributed by atoms with Gasteiger partial charge in [0.15, 0.2) is 5.82 Å². The molecule has 1 saturated heterocycles. The van der Waals surface area contributed by atoms with Crippen molar-refractivity contribution in [3.05, 3.63) is 64.2 Å². The number of nitrogen functional groups attached to an aromatic ring is 1. The van der Waals surface area contributed by atoms with Crippen molar-refractivity contribution in [1.82, 2.24) is 29.9 Å². The van der Waals surface area contributed by atoms with Crippen molar-refractivity contribution in [1.29, 1.82) is 0 Å². The van der Waals surface area contributed by atoms with Crippen LogP contribution in [-0.4, -0.2) is 55.6 Å². The summed E-state index contributed by atoms with van der Waals surface area (Å²) in [5.41, 5.74) is 16.1. The summed E-state index contributed by atoms with van der Waals surface area (Å²) in [6, 6.07) is 13.7. The average Bonchev–Trinajstić information content (AvgIpc) is 3.67. The number of likely N-dealkylation sites (tertiary alicyclic amines) is 1. The van der Waals surface area contributed by atoms with Crippen molar-refractivity contribution >= 4 is 17.6 Å². The molecule has 9 heteroatoms. The van der Waals surface area contributed by atoms with E-state index >= 15 is 0 Å². The Morgan fingerprint density at radius 1 is 0.889 bits per heavy atom. The standard InChI is InChI=1S/C36H44N8O/c1-3-45-30-17-6-22(2)20-29(30)33-31-24-7-9-25(10-8-24)32(31)34(41-40-33)44-35(37)39-36(42-44)38-27-14-11-23-12-15-28(16-13-26(23)21-27)43-18-4-5-19-43/h6,11,14,17,20-21,24-25,28H,3-5,7-10,12-13,15-16,18-19H2,1-2H3,(H3,37,38,39,42). The van der Waals surface area contributed by atoms with Crippen LogP contribution in [0.5, 0.6) is 5.75 Å². The Balaban J connectivity index is 1.11. The number of fused-ring (bicyclic) bond motifs is 3. The van der Waals surface area contributed by atoms with Crippen LogP contribution in [-0.2, 0) is 12.8 Å². The number of ether oxygens (including phenoxy) is 1. The van der Waals surface area contributed by atoms with Gasteiger partial charge in [-0.1, -0.05) is 17.7 Å². The molecule has 2 aromatic carbocycles. The number of rotatable bonds is 7. The van der Waals surface area contributed by atoms with Crippen LogP contribution in [0.25, 0.3) is 17.1 Å². The van der Waals surface area contributed by atoms with Gasteiger partial charge in [-0.05, 0) is 144 Å². The first kappa shape index (κ1) is 28.5. The fourth-order valence-corrected chi connectivity index (χ4v) is 8.51. The molecule has 1 atom stereocenters. The highest BCUT2D eigenvalue weighted by atomic mass is 16.5. The smallest absolute Gasteiger partial charge is 0.248 e. The van der Waals surface area contributed by atoms with Gasteiger partial charge in [-0.2, -0.15) is 9.67 Å². The number of nitrogens with one attached hydrogen (secondary N) is 1. The second kappa shape index (κ2) is 11.7. The van der Waals surface area contributed by atoms with Crippen LogP contribution < -0.4 is 15.8 Å². The summed E-state index contributed by atoms with van der Waals surface area (Å²) in [5.74, 6) is 3.21. The lowest BCUT2D eigenvalue weighted by Gasteiger charge is -2.39. The number of hydrogen-bond acceptors (Lipinski definition) is 8. The lowest BCUT2D eigenvalue weighted by molar-refractivity contribution is 0.222. The molecule has 1 saturated carbocycles. The number of aryl methyl sites for hydroxylation is 3. The van der Waals surface area contributed by atoms with Gasteiger partial charge < -0.3 is 20.7 Å². The van der Waals surface area contributed by atoms with Crippen LogP contribution in [0.4, 0.5) is 17.6 Å². The minimum atomic E-state index is 0.317. The van der Waals surface area contributed by atoms with Crippen molar-refractivity contribution in [3.63, 3.8) is 0 Å². The molecule has 4 aromatic rings. The van der Waals surface area contributed by atoms with E-state index in [1.54, 1.807) is 4.68 Å². The Labute approximate surface area is 265 Å². The summed E-state index contributed by atoms with van der Waals surface area (Å²) in [5, 5.41) is 18.0. The lowest BCUT2D eigenvalue weighted by atomic mass is 9.66. The van der Waals surface area contributed by atoms with Crippen LogP contribution in [0.3, 0.4) is 0 Å². The Kier molecular flexibility index (Phi) is 7.44. The van der Waals surface area contributed by atoms with E-state index in [-0.39, 0.29) is 0 Å². The zero-order valence-electron chi connectivity index (χ0n) is 26.6. The molecule has 2 aromatic heterocycles. The maximum Gasteiger partial charge on any atom is 0.248 e. The van der Waals surface area contributed by atoms with Crippen LogP contribution in [0.15, 0.2) is 36.4 Å². The minimum Gasteiger partial charge on any atom is -0.493 e. The van der Waals surface area contributed by atoms with Crippen LogP contribution in [0.2, 0.25) is 0 Å². The molecule has 9 nitrogen and oxygen atoms in total. The quantitative estimate of drug-likeness (QED) is 0.221. The summed E-state index contributed by atoms with van der Waals surface area (Å²) in [7, 11) is 0. The van der Waals surface area contributed by atoms with Gasteiger partial charge in [0.1, 0.15) is 11.4 Å². The van der Waals surface area contributed by atoms with Gasteiger partial charge in [0.2, 0.25) is 11.9 Å². The first-order chi connectivity index (χ1) is 22.1. The predicted molar refractivity (Wildman–Crippen MR) is 178 cm³/mol. The van der Waals surface area contributed by atoms with Crippen LogP contribution in [0, 0.1) is 6.92 Å². The molecule has 5 aliphatic rings. The molecular formula is C36H44N8O. The van der Waals surface area contributed by atoms with Gasteiger partial charge in [0.25, 0.3) is 0 Å². The molecule has 9 rings (SSSR count). The van der Waals surface area contributed by atoms with Crippen molar-refractivity contribution in [2.75, 3.05) is 30.7 Å². The van der Waals surface area contributed by atoms with Crippen LogP contribution >= 0.6 is 0 Å². The highest BCUT2D eigenvalue weighted by Crippen LogP contribution is 2.54. The molecule has 2 bridgehead atoms.